The maximum atomic E-state index is 10.8. The highest BCUT2D eigenvalue weighted by Gasteiger charge is 2.52. The van der Waals surface area contributed by atoms with Gasteiger partial charge in [0.05, 0.1) is 5.60 Å². The van der Waals surface area contributed by atoms with Crippen LogP contribution in [0.25, 0.3) is 0 Å². The fraction of sp³-hybridized carbons (Fsp3) is 0.789. The summed E-state index contributed by atoms with van der Waals surface area (Å²) in [7, 11) is 0. The minimum atomic E-state index is -0.454. The Morgan fingerprint density at radius 2 is 1.90 bits per heavy atom. The van der Waals surface area contributed by atoms with Gasteiger partial charge < -0.3 is 5.11 Å². The molecule has 0 bridgehead atoms. The van der Waals surface area contributed by atoms with Crippen LogP contribution in [-0.2, 0) is 0 Å². The molecule has 0 aromatic carbocycles. The SMILES string of the molecule is C=C[C@]1(C)CCC2=C(CC[C@H]3[C@@](C)(O)CCC[C@@]23C)C1. The lowest BCUT2D eigenvalue weighted by Gasteiger charge is -2.56. The molecule has 4 atom stereocenters. The van der Waals surface area contributed by atoms with Gasteiger partial charge in [-0.05, 0) is 75.0 Å². The third-order valence-electron chi connectivity index (χ3n) is 6.81. The van der Waals surface area contributed by atoms with Crippen LogP contribution in [0.5, 0.6) is 0 Å². The molecule has 3 aliphatic carbocycles. The van der Waals surface area contributed by atoms with Crippen molar-refractivity contribution in [2.24, 2.45) is 16.7 Å². The summed E-state index contributed by atoms with van der Waals surface area (Å²) in [5.41, 5.74) is 3.53. The van der Waals surface area contributed by atoms with Gasteiger partial charge in [-0.25, -0.2) is 0 Å². The lowest BCUT2D eigenvalue weighted by molar-refractivity contribution is -0.0922. The molecule has 1 saturated carbocycles. The van der Waals surface area contributed by atoms with Gasteiger partial charge in [-0.2, -0.15) is 0 Å². The Hall–Kier alpha value is -0.560. The van der Waals surface area contributed by atoms with E-state index in [9.17, 15) is 5.11 Å². The molecular weight excluding hydrogens is 244 g/mol. The standard InChI is InChI=1S/C19H30O/c1-5-17(2)12-9-15-14(13-17)7-8-16-18(15,3)10-6-11-19(16,4)20/h5,16,20H,1,6-13H2,2-4H3/t16-,17-,18+,19+/m1/s1. The van der Waals surface area contributed by atoms with Crippen LogP contribution in [0.4, 0.5) is 0 Å². The van der Waals surface area contributed by atoms with Crippen LogP contribution in [0.15, 0.2) is 23.8 Å². The summed E-state index contributed by atoms with van der Waals surface area (Å²) in [5.74, 6) is 0.468. The molecule has 3 rings (SSSR count). The highest BCUT2D eigenvalue weighted by molar-refractivity contribution is 5.32. The number of aliphatic hydroxyl groups is 1. The van der Waals surface area contributed by atoms with Gasteiger partial charge in [-0.1, -0.05) is 31.1 Å². The van der Waals surface area contributed by atoms with E-state index in [1.54, 1.807) is 11.1 Å². The van der Waals surface area contributed by atoms with E-state index in [-0.39, 0.29) is 5.41 Å². The minimum absolute atomic E-state index is 0.262. The van der Waals surface area contributed by atoms with Crippen molar-refractivity contribution >= 4 is 0 Å². The van der Waals surface area contributed by atoms with Crippen LogP contribution >= 0.6 is 0 Å². The second-order valence-electron chi connectivity index (χ2n) is 8.34. The summed E-state index contributed by atoms with van der Waals surface area (Å²) in [6.07, 6.45) is 11.6. The maximum Gasteiger partial charge on any atom is 0.0656 e. The Bertz CT molecular complexity index is 458. The van der Waals surface area contributed by atoms with Crippen LogP contribution in [0.2, 0.25) is 0 Å². The summed E-state index contributed by atoms with van der Waals surface area (Å²) in [6.45, 7) is 10.9. The molecule has 0 aliphatic heterocycles. The molecule has 3 aliphatic rings. The van der Waals surface area contributed by atoms with Crippen LogP contribution in [0, 0.1) is 16.7 Å². The zero-order valence-corrected chi connectivity index (χ0v) is 13.5. The number of fused-ring (bicyclic) bond motifs is 2. The molecule has 0 radical (unpaired) electrons. The van der Waals surface area contributed by atoms with Crippen molar-refractivity contribution in [3.63, 3.8) is 0 Å². The first-order valence-electron chi connectivity index (χ1n) is 8.38. The van der Waals surface area contributed by atoms with Gasteiger partial charge in [-0.3, -0.25) is 0 Å². The highest BCUT2D eigenvalue weighted by atomic mass is 16.3. The molecule has 0 unspecified atom stereocenters. The van der Waals surface area contributed by atoms with Crippen molar-refractivity contribution in [3.8, 4) is 0 Å². The Morgan fingerprint density at radius 3 is 2.60 bits per heavy atom. The van der Waals surface area contributed by atoms with Gasteiger partial charge in [0, 0.05) is 0 Å². The van der Waals surface area contributed by atoms with Crippen molar-refractivity contribution < 1.29 is 5.11 Å². The lowest BCUT2D eigenvalue weighted by atomic mass is 9.50. The van der Waals surface area contributed by atoms with Gasteiger partial charge in [0.1, 0.15) is 0 Å². The third-order valence-corrected chi connectivity index (χ3v) is 6.81. The van der Waals surface area contributed by atoms with Crippen molar-refractivity contribution in [2.75, 3.05) is 0 Å². The number of hydrogen-bond acceptors (Lipinski definition) is 1. The first-order chi connectivity index (χ1) is 9.31. The molecule has 0 amide bonds. The van der Waals surface area contributed by atoms with E-state index in [0.29, 0.717) is 11.3 Å². The van der Waals surface area contributed by atoms with Gasteiger partial charge in [0.2, 0.25) is 0 Å². The van der Waals surface area contributed by atoms with Crippen molar-refractivity contribution in [1.82, 2.24) is 0 Å². The monoisotopic (exact) mass is 274 g/mol. The van der Waals surface area contributed by atoms with Gasteiger partial charge in [0.25, 0.3) is 0 Å². The van der Waals surface area contributed by atoms with E-state index < -0.39 is 5.60 Å². The molecule has 1 N–H and O–H groups in total. The van der Waals surface area contributed by atoms with Crippen molar-refractivity contribution in [3.05, 3.63) is 23.8 Å². The molecule has 1 heteroatoms. The number of rotatable bonds is 1. The molecule has 1 nitrogen and oxygen atoms in total. The normalized spacial score (nSPS) is 48.5. The van der Waals surface area contributed by atoms with Crippen LogP contribution in [0.3, 0.4) is 0 Å². The predicted molar refractivity (Wildman–Crippen MR) is 84.5 cm³/mol. The summed E-state index contributed by atoms with van der Waals surface area (Å²) in [6, 6.07) is 0. The van der Waals surface area contributed by atoms with E-state index in [2.05, 4.69) is 33.4 Å². The predicted octanol–water partition coefficient (Wildman–Crippen LogP) is 5.01. The topological polar surface area (TPSA) is 20.2 Å². The third kappa shape index (κ3) is 2.01. The minimum Gasteiger partial charge on any atom is -0.390 e. The number of allylic oxidation sites excluding steroid dienone is 3. The summed E-state index contributed by atoms with van der Waals surface area (Å²) < 4.78 is 0. The van der Waals surface area contributed by atoms with Gasteiger partial charge in [-0.15, -0.1) is 6.58 Å². The van der Waals surface area contributed by atoms with Crippen LogP contribution in [0.1, 0.15) is 72.1 Å². The van der Waals surface area contributed by atoms with E-state index in [4.69, 9.17) is 0 Å². The molecule has 112 valence electrons. The van der Waals surface area contributed by atoms with Gasteiger partial charge in [0.15, 0.2) is 0 Å². The Labute approximate surface area is 124 Å². The second-order valence-corrected chi connectivity index (χ2v) is 8.34. The first-order valence-corrected chi connectivity index (χ1v) is 8.38. The van der Waals surface area contributed by atoms with E-state index in [1.807, 2.05) is 0 Å². The smallest absolute Gasteiger partial charge is 0.0656 e. The molecule has 1 fully saturated rings. The molecule has 0 saturated heterocycles. The zero-order chi connectivity index (χ0) is 14.6. The van der Waals surface area contributed by atoms with Gasteiger partial charge >= 0.3 is 0 Å². The molecule has 0 spiro atoms. The molecule has 0 aromatic heterocycles. The van der Waals surface area contributed by atoms with E-state index in [0.717, 1.165) is 6.42 Å². The van der Waals surface area contributed by atoms with Crippen LogP contribution in [-0.4, -0.2) is 10.7 Å². The fourth-order valence-corrected chi connectivity index (χ4v) is 5.53. The molecule has 0 aromatic rings. The lowest BCUT2D eigenvalue weighted by Crippen LogP contribution is -2.51. The van der Waals surface area contributed by atoms with E-state index >= 15 is 0 Å². The number of hydrogen-bond donors (Lipinski definition) is 1. The average molecular weight is 274 g/mol. The van der Waals surface area contributed by atoms with Crippen molar-refractivity contribution in [2.45, 2.75) is 77.7 Å². The van der Waals surface area contributed by atoms with Crippen LogP contribution < -0.4 is 0 Å². The summed E-state index contributed by atoms with van der Waals surface area (Å²) in [5, 5.41) is 10.8. The van der Waals surface area contributed by atoms with Crippen molar-refractivity contribution in [1.29, 1.82) is 0 Å². The summed E-state index contributed by atoms with van der Waals surface area (Å²) >= 11 is 0. The highest BCUT2D eigenvalue weighted by Crippen LogP contribution is 2.60. The Kier molecular flexibility index (Phi) is 3.21. The zero-order valence-electron chi connectivity index (χ0n) is 13.5. The second kappa shape index (κ2) is 4.47. The molecular formula is C19H30O. The Balaban J connectivity index is 1.98. The maximum absolute atomic E-state index is 10.8. The quantitative estimate of drug-likeness (QED) is 0.666. The fourth-order valence-electron chi connectivity index (χ4n) is 5.53. The first kappa shape index (κ1) is 14.4. The average Bonchev–Trinajstić information content (AvgIpc) is 2.37. The Morgan fingerprint density at radius 1 is 1.15 bits per heavy atom. The molecule has 20 heavy (non-hydrogen) atoms. The largest absolute Gasteiger partial charge is 0.390 e. The van der Waals surface area contributed by atoms with E-state index in [1.165, 1.54) is 44.9 Å². The molecule has 0 heterocycles. The summed E-state index contributed by atoms with van der Waals surface area (Å²) in [4.78, 5) is 0.